The molecule has 104 valence electrons. The molecule has 0 bridgehead atoms. The highest BCUT2D eigenvalue weighted by atomic mass is 32.3. The van der Waals surface area contributed by atoms with E-state index in [-0.39, 0.29) is 0 Å². The second kappa shape index (κ2) is 4.56. The summed E-state index contributed by atoms with van der Waals surface area (Å²) in [4.78, 5) is 3.95. The van der Waals surface area contributed by atoms with Crippen molar-refractivity contribution in [3.8, 4) is 0 Å². The first-order valence-corrected chi connectivity index (χ1v) is 8.03. The Kier molecular flexibility index (Phi) is 3.34. The number of hydrogen-bond donors (Lipinski definition) is 2. The van der Waals surface area contributed by atoms with Crippen LogP contribution in [0.25, 0.3) is 11.0 Å². The van der Waals surface area contributed by atoms with Crippen molar-refractivity contribution in [3.63, 3.8) is 0 Å². The fraction of sp³-hybridized carbons (Fsp3) is 0.222. The Morgan fingerprint density at radius 3 is 2.26 bits per heavy atom. The zero-order valence-corrected chi connectivity index (χ0v) is 11.0. The summed E-state index contributed by atoms with van der Waals surface area (Å²) in [5, 5.41) is 0. The van der Waals surface area contributed by atoms with Gasteiger partial charge < -0.3 is 4.57 Å². The van der Waals surface area contributed by atoms with E-state index in [2.05, 4.69) is 4.98 Å². The number of fused-ring (bicyclic) bond motifs is 1. The zero-order chi connectivity index (χ0) is 14.3. The Labute approximate surface area is 109 Å². The first-order valence-electron chi connectivity index (χ1n) is 5.02. The summed E-state index contributed by atoms with van der Waals surface area (Å²) in [5.41, 5.74) is 1.02. The molecule has 0 aliphatic rings. The summed E-state index contributed by atoms with van der Waals surface area (Å²) in [7, 11) is -9.91. The highest BCUT2D eigenvalue weighted by Crippen LogP contribution is 2.16. The molecule has 0 unspecified atom stereocenters. The molecule has 1 heterocycles. The number of para-hydroxylation sites is 2. The molecular weight excluding hydrogens is 296 g/mol. The molecule has 19 heavy (non-hydrogen) atoms. The first-order chi connectivity index (χ1) is 8.69. The molecule has 2 rings (SSSR count). The molecule has 2 aromatic rings. The van der Waals surface area contributed by atoms with Gasteiger partial charge in [-0.1, -0.05) is 12.1 Å². The lowest BCUT2D eigenvalue weighted by Crippen LogP contribution is -2.33. The number of nitrogens with zero attached hydrogens (tertiary/aromatic N) is 2. The van der Waals surface area contributed by atoms with Gasteiger partial charge in [0, 0.05) is 0 Å². The van der Waals surface area contributed by atoms with Crippen LogP contribution >= 0.6 is 0 Å². The normalized spacial score (nSPS) is 13.2. The van der Waals surface area contributed by atoms with Gasteiger partial charge in [0.05, 0.1) is 23.9 Å². The van der Waals surface area contributed by atoms with Gasteiger partial charge in [0.15, 0.2) is 0 Å². The minimum Gasteiger partial charge on any atom is -0.328 e. The van der Waals surface area contributed by atoms with Gasteiger partial charge in [-0.3, -0.25) is 9.11 Å². The molecular formula is C9H10N2O6S2. The van der Waals surface area contributed by atoms with Crippen molar-refractivity contribution in [2.24, 2.45) is 0 Å². The lowest BCUT2D eigenvalue weighted by molar-refractivity contribution is 0.446. The monoisotopic (exact) mass is 306 g/mol. The molecule has 1 aromatic carbocycles. The first kappa shape index (κ1) is 13.9. The molecule has 0 spiro atoms. The largest absolute Gasteiger partial charge is 0.328 e. The lowest BCUT2D eigenvalue weighted by Gasteiger charge is -2.12. The van der Waals surface area contributed by atoms with Crippen LogP contribution in [0, 0.1) is 0 Å². The highest BCUT2D eigenvalue weighted by Gasteiger charge is 2.36. The van der Waals surface area contributed by atoms with Crippen molar-refractivity contribution < 1.29 is 25.9 Å². The average molecular weight is 306 g/mol. The van der Waals surface area contributed by atoms with Gasteiger partial charge in [0.25, 0.3) is 20.2 Å². The molecule has 0 aliphatic heterocycles. The minimum atomic E-state index is -4.95. The van der Waals surface area contributed by atoms with Gasteiger partial charge in [0.1, 0.15) is 0 Å². The number of aromatic nitrogens is 2. The lowest BCUT2D eigenvalue weighted by atomic mass is 10.3. The van der Waals surface area contributed by atoms with Crippen LogP contribution in [0.3, 0.4) is 0 Å². The van der Waals surface area contributed by atoms with E-state index >= 15 is 0 Å². The van der Waals surface area contributed by atoms with Crippen LogP contribution in [0.1, 0.15) is 0 Å². The molecule has 0 saturated carbocycles. The Morgan fingerprint density at radius 2 is 1.68 bits per heavy atom. The van der Waals surface area contributed by atoms with Crippen LogP contribution in [0.15, 0.2) is 30.6 Å². The summed E-state index contributed by atoms with van der Waals surface area (Å²) in [6.07, 6.45) is 1.23. The molecule has 1 aromatic heterocycles. The third kappa shape index (κ3) is 2.92. The molecule has 2 N–H and O–H groups in total. The van der Waals surface area contributed by atoms with Crippen molar-refractivity contribution in [1.82, 2.24) is 9.55 Å². The van der Waals surface area contributed by atoms with Crippen LogP contribution in [0.2, 0.25) is 0 Å². The minimum absolute atomic E-state index is 0.486. The fourth-order valence-corrected chi connectivity index (χ4v) is 3.59. The Balaban J connectivity index is 2.49. The maximum absolute atomic E-state index is 11.0. The van der Waals surface area contributed by atoms with Crippen LogP contribution in [0.4, 0.5) is 0 Å². The van der Waals surface area contributed by atoms with Crippen LogP contribution in [-0.4, -0.2) is 40.1 Å². The quantitative estimate of drug-likeness (QED) is 0.769. The zero-order valence-electron chi connectivity index (χ0n) is 9.41. The third-order valence-electron chi connectivity index (χ3n) is 2.54. The number of hydrogen-bond acceptors (Lipinski definition) is 5. The summed E-state index contributed by atoms with van der Waals surface area (Å²) in [6, 6.07) is 6.63. The molecule has 0 fully saturated rings. The van der Waals surface area contributed by atoms with E-state index in [1.807, 2.05) is 0 Å². The SMILES string of the molecule is O=S(=O)(O)C(Cn1cnc2ccccc21)S(=O)(=O)O. The van der Waals surface area contributed by atoms with Crippen molar-refractivity contribution in [2.45, 2.75) is 11.1 Å². The molecule has 0 amide bonds. The number of benzene rings is 1. The van der Waals surface area contributed by atoms with Crippen molar-refractivity contribution in [1.29, 1.82) is 0 Å². The van der Waals surface area contributed by atoms with Crippen molar-refractivity contribution >= 4 is 31.3 Å². The third-order valence-corrected chi connectivity index (χ3v) is 5.62. The Hall–Kier alpha value is -1.49. The molecule has 0 atom stereocenters. The summed E-state index contributed by atoms with van der Waals surface area (Å²) >= 11 is 0. The number of rotatable bonds is 4. The van der Waals surface area contributed by atoms with Crippen molar-refractivity contribution in [3.05, 3.63) is 30.6 Å². The van der Waals surface area contributed by atoms with E-state index in [1.165, 1.54) is 10.9 Å². The number of imidazole rings is 1. The molecule has 8 nitrogen and oxygen atoms in total. The van der Waals surface area contributed by atoms with Gasteiger partial charge in [-0.05, 0) is 12.1 Å². The van der Waals surface area contributed by atoms with E-state index in [4.69, 9.17) is 9.11 Å². The van der Waals surface area contributed by atoms with E-state index in [0.29, 0.717) is 11.0 Å². The van der Waals surface area contributed by atoms with Gasteiger partial charge >= 0.3 is 0 Å². The van der Waals surface area contributed by atoms with Gasteiger partial charge in [-0.25, -0.2) is 4.98 Å². The summed E-state index contributed by atoms with van der Waals surface area (Å²) in [5.74, 6) is 0. The molecule has 0 aliphatic carbocycles. The maximum atomic E-state index is 11.0. The summed E-state index contributed by atoms with van der Waals surface area (Å²) in [6.45, 7) is -0.655. The van der Waals surface area contributed by atoms with E-state index in [1.54, 1.807) is 24.3 Å². The van der Waals surface area contributed by atoms with Gasteiger partial charge in [-0.15, -0.1) is 0 Å². The van der Waals surface area contributed by atoms with Crippen LogP contribution < -0.4 is 0 Å². The van der Waals surface area contributed by atoms with E-state index in [0.717, 1.165) is 0 Å². The van der Waals surface area contributed by atoms with E-state index < -0.39 is 31.4 Å². The Bertz CT molecular complexity index is 776. The molecule has 0 radical (unpaired) electrons. The standard InChI is InChI=1S/C9H10N2O6S2/c12-18(13,14)9(19(15,16)17)5-11-6-10-7-3-1-2-4-8(7)11/h1-4,6,9H,5H2,(H,12,13,14)(H,15,16,17). The second-order valence-electron chi connectivity index (χ2n) is 3.85. The smallest absolute Gasteiger partial charge is 0.286 e. The van der Waals surface area contributed by atoms with E-state index in [9.17, 15) is 16.8 Å². The fourth-order valence-electron chi connectivity index (χ4n) is 1.66. The van der Waals surface area contributed by atoms with Crippen LogP contribution in [-0.2, 0) is 26.8 Å². The Morgan fingerprint density at radius 1 is 1.11 bits per heavy atom. The predicted octanol–water partition coefficient (Wildman–Crippen LogP) is 0.138. The van der Waals surface area contributed by atoms with Crippen molar-refractivity contribution in [2.75, 3.05) is 0 Å². The molecule has 0 saturated heterocycles. The second-order valence-corrected chi connectivity index (χ2v) is 7.34. The average Bonchev–Trinajstić information content (AvgIpc) is 2.66. The molecule has 10 heteroatoms. The maximum Gasteiger partial charge on any atom is 0.286 e. The van der Waals surface area contributed by atoms with Crippen LogP contribution in [0.5, 0.6) is 0 Å². The highest BCUT2D eigenvalue weighted by molar-refractivity contribution is 8.03. The predicted molar refractivity (Wildman–Crippen MR) is 66.6 cm³/mol. The summed E-state index contributed by atoms with van der Waals surface area (Å²) < 4.78 is 60.7. The topological polar surface area (TPSA) is 127 Å². The van der Waals surface area contributed by atoms with Gasteiger partial charge in [-0.2, -0.15) is 16.8 Å². The van der Waals surface area contributed by atoms with Gasteiger partial charge in [0.2, 0.25) is 4.58 Å².